The second-order valence-corrected chi connectivity index (χ2v) is 3.91. The molecule has 0 N–H and O–H groups in total. The van der Waals surface area contributed by atoms with Gasteiger partial charge in [-0.3, -0.25) is 4.98 Å². The lowest BCUT2D eigenvalue weighted by Gasteiger charge is -2.07. The molecular weight excluding hydrogens is 244 g/mol. The van der Waals surface area contributed by atoms with Crippen molar-refractivity contribution >= 4 is 22.6 Å². The second kappa shape index (κ2) is 5.37. The number of nitrogens with zero attached hydrogens (tertiary/aromatic N) is 4. The Morgan fingerprint density at radius 1 is 1.53 bits per heavy atom. The highest BCUT2D eigenvalue weighted by molar-refractivity contribution is 6.03. The Kier molecular flexibility index (Phi) is 3.63. The average Bonchev–Trinajstić information content (AvgIpc) is 2.46. The van der Waals surface area contributed by atoms with Gasteiger partial charge in [-0.25, -0.2) is 4.79 Å². The molecule has 0 aliphatic rings. The molecule has 0 atom stereocenters. The van der Waals surface area contributed by atoms with Gasteiger partial charge in [0.1, 0.15) is 0 Å². The van der Waals surface area contributed by atoms with Crippen molar-refractivity contribution in [3.8, 4) is 0 Å². The highest BCUT2D eigenvalue weighted by atomic mass is 16.5. The highest BCUT2D eigenvalue weighted by Crippen LogP contribution is 2.30. The number of azide groups is 1. The molecule has 0 saturated carbocycles. The molecule has 0 saturated heterocycles. The quantitative estimate of drug-likeness (QED) is 0.364. The summed E-state index contributed by atoms with van der Waals surface area (Å²) in [4.78, 5) is 18.6. The Labute approximate surface area is 109 Å². The zero-order valence-corrected chi connectivity index (χ0v) is 10.6. The Bertz CT molecular complexity index is 690. The third-order valence-corrected chi connectivity index (χ3v) is 2.86. The van der Waals surface area contributed by atoms with Crippen LogP contribution in [0.1, 0.15) is 22.8 Å². The summed E-state index contributed by atoms with van der Waals surface area (Å²) in [6.07, 6.45) is 2.21. The fourth-order valence-corrected chi connectivity index (χ4v) is 1.86. The predicted octanol–water partition coefficient (Wildman–Crippen LogP) is 3.53. The minimum absolute atomic E-state index is 0.168. The first kappa shape index (κ1) is 12.9. The van der Waals surface area contributed by atoms with E-state index in [9.17, 15) is 4.79 Å². The molecule has 96 valence electrons. The summed E-state index contributed by atoms with van der Waals surface area (Å²) in [7, 11) is 1.27. The summed E-state index contributed by atoms with van der Waals surface area (Å²) in [6.45, 7) is 2.02. The van der Waals surface area contributed by atoms with Crippen LogP contribution >= 0.6 is 0 Å². The van der Waals surface area contributed by atoms with Gasteiger partial charge in [-0.1, -0.05) is 18.1 Å². The van der Waals surface area contributed by atoms with E-state index in [1.165, 1.54) is 13.3 Å². The molecule has 2 aromatic rings. The molecule has 6 heteroatoms. The molecular formula is C13H12N4O2. The van der Waals surface area contributed by atoms with Crippen molar-refractivity contribution in [2.24, 2.45) is 5.11 Å². The van der Waals surface area contributed by atoms with E-state index in [4.69, 9.17) is 5.53 Å². The number of methoxy groups -OCH3 is 1. The highest BCUT2D eigenvalue weighted by Gasteiger charge is 2.15. The molecule has 0 bridgehead atoms. The van der Waals surface area contributed by atoms with Crippen LogP contribution in [0.15, 0.2) is 29.5 Å². The van der Waals surface area contributed by atoms with Gasteiger partial charge < -0.3 is 4.74 Å². The zero-order chi connectivity index (χ0) is 13.8. The molecule has 6 nitrogen and oxygen atoms in total. The molecule has 0 fully saturated rings. The largest absolute Gasteiger partial charge is 0.465 e. The number of aryl methyl sites for hydroxylation is 1. The SMILES string of the molecule is CCc1ccc2ncc(C(=O)OC)c(N=[N+]=[N-])c2c1. The van der Waals surface area contributed by atoms with Gasteiger partial charge >= 0.3 is 5.97 Å². The number of carbonyl (C=O) groups is 1. The Balaban J connectivity index is 2.81. The monoisotopic (exact) mass is 256 g/mol. The van der Waals surface area contributed by atoms with E-state index in [2.05, 4.69) is 19.7 Å². The maximum atomic E-state index is 11.7. The molecule has 0 radical (unpaired) electrons. The van der Waals surface area contributed by atoms with Crippen molar-refractivity contribution in [3.63, 3.8) is 0 Å². The van der Waals surface area contributed by atoms with Crippen molar-refractivity contribution in [1.29, 1.82) is 0 Å². The Hall–Kier alpha value is -2.59. The zero-order valence-electron chi connectivity index (χ0n) is 10.6. The van der Waals surface area contributed by atoms with E-state index in [0.29, 0.717) is 10.9 Å². The third kappa shape index (κ3) is 2.34. The van der Waals surface area contributed by atoms with Crippen molar-refractivity contribution in [2.45, 2.75) is 13.3 Å². The first-order valence-corrected chi connectivity index (χ1v) is 5.76. The molecule has 19 heavy (non-hydrogen) atoms. The van der Waals surface area contributed by atoms with Crippen LogP contribution in [0.2, 0.25) is 0 Å². The summed E-state index contributed by atoms with van der Waals surface area (Å²) in [6, 6.07) is 5.66. The van der Waals surface area contributed by atoms with Crippen LogP contribution in [0.25, 0.3) is 21.3 Å². The topological polar surface area (TPSA) is 88.0 Å². The molecule has 0 aliphatic carbocycles. The van der Waals surface area contributed by atoms with Gasteiger partial charge in [0.15, 0.2) is 0 Å². The van der Waals surface area contributed by atoms with Gasteiger partial charge in [0, 0.05) is 16.5 Å². The van der Waals surface area contributed by atoms with Gasteiger partial charge in [-0.15, -0.1) is 0 Å². The first-order valence-electron chi connectivity index (χ1n) is 5.76. The minimum Gasteiger partial charge on any atom is -0.465 e. The second-order valence-electron chi connectivity index (χ2n) is 3.91. The number of hydrogen-bond donors (Lipinski definition) is 0. The van der Waals surface area contributed by atoms with Crippen molar-refractivity contribution in [1.82, 2.24) is 4.98 Å². The van der Waals surface area contributed by atoms with E-state index in [1.807, 2.05) is 25.1 Å². The standard InChI is InChI=1S/C13H12N4O2/c1-3-8-4-5-11-9(6-8)12(16-17-14)10(7-15-11)13(18)19-2/h4-7H,3H2,1-2H3. The number of benzene rings is 1. The number of carbonyl (C=O) groups excluding carboxylic acids is 1. The molecule has 1 aromatic heterocycles. The van der Waals surface area contributed by atoms with Crippen LogP contribution in [0.5, 0.6) is 0 Å². The summed E-state index contributed by atoms with van der Waals surface area (Å²) in [5.41, 5.74) is 10.8. The first-order chi connectivity index (χ1) is 9.21. The van der Waals surface area contributed by atoms with Crippen LogP contribution in [-0.2, 0) is 11.2 Å². The normalized spacial score (nSPS) is 10.0. The maximum absolute atomic E-state index is 11.7. The molecule has 0 aliphatic heterocycles. The van der Waals surface area contributed by atoms with Gasteiger partial charge in [0.05, 0.1) is 23.9 Å². The fourth-order valence-electron chi connectivity index (χ4n) is 1.86. The van der Waals surface area contributed by atoms with Gasteiger partial charge in [0.2, 0.25) is 0 Å². The van der Waals surface area contributed by atoms with Crippen LogP contribution in [0.4, 0.5) is 5.69 Å². The average molecular weight is 256 g/mol. The number of aromatic nitrogens is 1. The maximum Gasteiger partial charge on any atom is 0.339 e. The lowest BCUT2D eigenvalue weighted by molar-refractivity contribution is 0.0601. The number of hydrogen-bond acceptors (Lipinski definition) is 4. The van der Waals surface area contributed by atoms with Gasteiger partial charge in [-0.05, 0) is 29.6 Å². The molecule has 0 amide bonds. The summed E-state index contributed by atoms with van der Waals surface area (Å²) in [5, 5.41) is 4.27. The van der Waals surface area contributed by atoms with E-state index in [1.54, 1.807) is 0 Å². The number of ether oxygens (including phenoxy) is 1. The minimum atomic E-state index is -0.571. The molecule has 0 spiro atoms. The number of pyridine rings is 1. The molecule has 0 unspecified atom stereocenters. The van der Waals surface area contributed by atoms with Gasteiger partial charge in [-0.2, -0.15) is 0 Å². The van der Waals surface area contributed by atoms with Gasteiger partial charge in [0.25, 0.3) is 0 Å². The Morgan fingerprint density at radius 2 is 2.32 bits per heavy atom. The van der Waals surface area contributed by atoms with Crippen LogP contribution in [-0.4, -0.2) is 18.1 Å². The third-order valence-electron chi connectivity index (χ3n) is 2.86. The molecule has 1 aromatic carbocycles. The number of esters is 1. The van der Waals surface area contributed by atoms with Crippen LogP contribution < -0.4 is 0 Å². The van der Waals surface area contributed by atoms with E-state index in [0.717, 1.165) is 12.0 Å². The predicted molar refractivity (Wildman–Crippen MR) is 71.3 cm³/mol. The van der Waals surface area contributed by atoms with Crippen molar-refractivity contribution in [2.75, 3.05) is 7.11 Å². The van der Waals surface area contributed by atoms with Crippen LogP contribution in [0, 0.1) is 0 Å². The van der Waals surface area contributed by atoms with Crippen molar-refractivity contribution < 1.29 is 9.53 Å². The van der Waals surface area contributed by atoms with E-state index < -0.39 is 5.97 Å². The smallest absolute Gasteiger partial charge is 0.339 e. The number of fused-ring (bicyclic) bond motifs is 1. The van der Waals surface area contributed by atoms with E-state index >= 15 is 0 Å². The lowest BCUT2D eigenvalue weighted by Crippen LogP contribution is -2.02. The molecule has 1 heterocycles. The van der Waals surface area contributed by atoms with Crippen molar-refractivity contribution in [3.05, 3.63) is 46.0 Å². The Morgan fingerprint density at radius 3 is 2.95 bits per heavy atom. The lowest BCUT2D eigenvalue weighted by atomic mass is 10.1. The summed E-state index contributed by atoms with van der Waals surface area (Å²) in [5.74, 6) is -0.571. The fraction of sp³-hybridized carbons (Fsp3) is 0.231. The van der Waals surface area contributed by atoms with Crippen LogP contribution in [0.3, 0.4) is 0 Å². The summed E-state index contributed by atoms with van der Waals surface area (Å²) >= 11 is 0. The molecule has 2 rings (SSSR count). The van der Waals surface area contributed by atoms with E-state index in [-0.39, 0.29) is 11.3 Å². The number of rotatable bonds is 3. The summed E-state index contributed by atoms with van der Waals surface area (Å²) < 4.78 is 4.67.